The van der Waals surface area contributed by atoms with Crippen LogP contribution in [-0.2, 0) is 0 Å². The molecule has 1 fully saturated rings. The standard InChI is InChI=1S/C10H17N3S/c1-2-14-9-7-12-13(10(9)11)8-5-3-4-6-8/h7-8H,2-6,11H2,1H3. The van der Waals surface area contributed by atoms with E-state index < -0.39 is 0 Å². The van der Waals surface area contributed by atoms with Gasteiger partial charge < -0.3 is 5.73 Å². The van der Waals surface area contributed by atoms with Crippen molar-refractivity contribution in [2.75, 3.05) is 11.5 Å². The number of rotatable bonds is 3. The minimum absolute atomic E-state index is 0.557. The van der Waals surface area contributed by atoms with Crippen LogP contribution in [0.2, 0.25) is 0 Å². The van der Waals surface area contributed by atoms with Crippen molar-refractivity contribution < 1.29 is 0 Å². The largest absolute Gasteiger partial charge is 0.383 e. The third-order valence-electron chi connectivity index (χ3n) is 2.77. The van der Waals surface area contributed by atoms with Gasteiger partial charge in [0.15, 0.2) is 0 Å². The number of anilines is 1. The maximum Gasteiger partial charge on any atom is 0.135 e. The van der Waals surface area contributed by atoms with E-state index >= 15 is 0 Å². The minimum Gasteiger partial charge on any atom is -0.383 e. The van der Waals surface area contributed by atoms with Crippen molar-refractivity contribution >= 4 is 17.6 Å². The molecule has 0 radical (unpaired) electrons. The lowest BCUT2D eigenvalue weighted by Crippen LogP contribution is -2.09. The highest BCUT2D eigenvalue weighted by atomic mass is 32.2. The van der Waals surface area contributed by atoms with Crippen molar-refractivity contribution in [2.45, 2.75) is 43.5 Å². The fraction of sp³-hybridized carbons (Fsp3) is 0.700. The molecule has 1 aromatic rings. The van der Waals surface area contributed by atoms with Gasteiger partial charge in [0.2, 0.25) is 0 Å². The Morgan fingerprint density at radius 2 is 2.29 bits per heavy atom. The Labute approximate surface area is 89.1 Å². The summed E-state index contributed by atoms with van der Waals surface area (Å²) < 4.78 is 2.02. The summed E-state index contributed by atoms with van der Waals surface area (Å²) in [6.07, 6.45) is 7.02. The molecule has 1 aliphatic rings. The van der Waals surface area contributed by atoms with Gasteiger partial charge in [-0.1, -0.05) is 19.8 Å². The van der Waals surface area contributed by atoms with E-state index in [2.05, 4.69) is 12.0 Å². The Morgan fingerprint density at radius 3 is 2.93 bits per heavy atom. The maximum atomic E-state index is 6.05. The van der Waals surface area contributed by atoms with Gasteiger partial charge in [-0.3, -0.25) is 0 Å². The fourth-order valence-electron chi connectivity index (χ4n) is 2.06. The number of nitrogens with two attached hydrogens (primary N) is 1. The zero-order valence-electron chi connectivity index (χ0n) is 8.57. The predicted octanol–water partition coefficient (Wildman–Crippen LogP) is 2.69. The number of nitrogens with zero attached hydrogens (tertiary/aromatic N) is 2. The summed E-state index contributed by atoms with van der Waals surface area (Å²) in [5, 5.41) is 4.39. The Kier molecular flexibility index (Phi) is 3.01. The molecular weight excluding hydrogens is 194 g/mol. The Morgan fingerprint density at radius 1 is 1.57 bits per heavy atom. The lowest BCUT2D eigenvalue weighted by Gasteiger charge is -2.11. The second-order valence-corrected chi connectivity index (χ2v) is 5.02. The Bertz CT molecular complexity index is 302. The molecule has 4 heteroatoms. The predicted molar refractivity (Wildman–Crippen MR) is 60.5 cm³/mol. The van der Waals surface area contributed by atoms with Gasteiger partial charge in [0.25, 0.3) is 0 Å². The van der Waals surface area contributed by atoms with Crippen molar-refractivity contribution in [2.24, 2.45) is 0 Å². The van der Waals surface area contributed by atoms with Gasteiger partial charge in [-0.15, -0.1) is 11.8 Å². The van der Waals surface area contributed by atoms with Crippen LogP contribution in [0.3, 0.4) is 0 Å². The highest BCUT2D eigenvalue weighted by Gasteiger charge is 2.20. The summed E-state index contributed by atoms with van der Waals surface area (Å²) in [5.41, 5.74) is 6.05. The molecule has 78 valence electrons. The molecule has 1 aliphatic carbocycles. The molecule has 1 saturated carbocycles. The molecule has 0 atom stereocenters. The minimum atomic E-state index is 0.557. The second kappa shape index (κ2) is 4.26. The topological polar surface area (TPSA) is 43.8 Å². The van der Waals surface area contributed by atoms with E-state index in [-0.39, 0.29) is 0 Å². The first-order valence-corrected chi connectivity index (χ1v) is 6.27. The number of hydrogen-bond acceptors (Lipinski definition) is 3. The van der Waals surface area contributed by atoms with Crippen LogP contribution in [0.25, 0.3) is 0 Å². The van der Waals surface area contributed by atoms with Crippen molar-refractivity contribution in [1.29, 1.82) is 0 Å². The summed E-state index contributed by atoms with van der Waals surface area (Å²) in [7, 11) is 0. The molecule has 0 bridgehead atoms. The SMILES string of the molecule is CCSc1cnn(C2CCCC2)c1N. The molecule has 0 aliphatic heterocycles. The third-order valence-corrected chi connectivity index (χ3v) is 3.68. The summed E-state index contributed by atoms with van der Waals surface area (Å²) in [6.45, 7) is 2.14. The lowest BCUT2D eigenvalue weighted by atomic mass is 10.2. The van der Waals surface area contributed by atoms with Crippen LogP contribution < -0.4 is 5.73 Å². The van der Waals surface area contributed by atoms with E-state index in [1.165, 1.54) is 25.7 Å². The molecule has 3 nitrogen and oxygen atoms in total. The van der Waals surface area contributed by atoms with E-state index in [9.17, 15) is 0 Å². The monoisotopic (exact) mass is 211 g/mol. The zero-order valence-corrected chi connectivity index (χ0v) is 9.39. The zero-order chi connectivity index (χ0) is 9.97. The lowest BCUT2D eigenvalue weighted by molar-refractivity contribution is 0.473. The molecule has 14 heavy (non-hydrogen) atoms. The quantitative estimate of drug-likeness (QED) is 0.782. The molecule has 0 saturated heterocycles. The molecule has 0 aromatic carbocycles. The van der Waals surface area contributed by atoms with E-state index in [4.69, 9.17) is 5.73 Å². The van der Waals surface area contributed by atoms with E-state index in [0.29, 0.717) is 6.04 Å². The maximum absolute atomic E-state index is 6.05. The van der Waals surface area contributed by atoms with Crippen molar-refractivity contribution in [3.63, 3.8) is 0 Å². The Hall–Kier alpha value is -0.640. The van der Waals surface area contributed by atoms with Crippen LogP contribution in [0.5, 0.6) is 0 Å². The normalized spacial score (nSPS) is 17.8. The average Bonchev–Trinajstić information content (AvgIpc) is 2.77. The van der Waals surface area contributed by atoms with Gasteiger partial charge in [-0.25, -0.2) is 4.68 Å². The number of thioether (sulfide) groups is 1. The van der Waals surface area contributed by atoms with Gasteiger partial charge in [0.05, 0.1) is 17.1 Å². The molecule has 2 rings (SSSR count). The smallest absolute Gasteiger partial charge is 0.135 e. The van der Waals surface area contributed by atoms with Gasteiger partial charge in [-0.2, -0.15) is 5.10 Å². The van der Waals surface area contributed by atoms with E-state index in [1.807, 2.05) is 10.9 Å². The number of hydrogen-bond donors (Lipinski definition) is 1. The van der Waals surface area contributed by atoms with Crippen LogP contribution in [-0.4, -0.2) is 15.5 Å². The van der Waals surface area contributed by atoms with Gasteiger partial charge in [0, 0.05) is 0 Å². The average molecular weight is 211 g/mol. The van der Waals surface area contributed by atoms with Gasteiger partial charge in [-0.05, 0) is 18.6 Å². The highest BCUT2D eigenvalue weighted by Crippen LogP contribution is 2.34. The molecular formula is C10H17N3S. The summed E-state index contributed by atoms with van der Waals surface area (Å²) in [5.74, 6) is 1.92. The van der Waals surface area contributed by atoms with Crippen molar-refractivity contribution in [3.05, 3.63) is 6.20 Å². The van der Waals surface area contributed by atoms with Crippen LogP contribution in [0.1, 0.15) is 38.6 Å². The van der Waals surface area contributed by atoms with Crippen LogP contribution in [0.15, 0.2) is 11.1 Å². The summed E-state index contributed by atoms with van der Waals surface area (Å²) in [6, 6.07) is 0.557. The second-order valence-electron chi connectivity index (χ2n) is 3.71. The first kappa shape index (κ1) is 9.90. The van der Waals surface area contributed by atoms with E-state index in [1.54, 1.807) is 11.8 Å². The summed E-state index contributed by atoms with van der Waals surface area (Å²) in [4.78, 5) is 1.14. The molecule has 1 heterocycles. The molecule has 1 aromatic heterocycles. The molecule has 0 spiro atoms. The number of aromatic nitrogens is 2. The third kappa shape index (κ3) is 1.75. The first-order valence-electron chi connectivity index (χ1n) is 5.28. The fourth-order valence-corrected chi connectivity index (χ4v) is 2.74. The van der Waals surface area contributed by atoms with Gasteiger partial charge in [0.1, 0.15) is 5.82 Å². The van der Waals surface area contributed by atoms with Gasteiger partial charge >= 0.3 is 0 Å². The Balaban J connectivity index is 2.17. The van der Waals surface area contributed by atoms with Crippen LogP contribution in [0.4, 0.5) is 5.82 Å². The molecule has 0 unspecified atom stereocenters. The van der Waals surface area contributed by atoms with Crippen molar-refractivity contribution in [1.82, 2.24) is 9.78 Å². The van der Waals surface area contributed by atoms with Crippen LogP contribution in [0, 0.1) is 0 Å². The first-order chi connectivity index (χ1) is 6.83. The number of nitrogen functional groups attached to an aromatic ring is 1. The molecule has 0 amide bonds. The van der Waals surface area contributed by atoms with Crippen molar-refractivity contribution in [3.8, 4) is 0 Å². The molecule has 2 N–H and O–H groups in total. The summed E-state index contributed by atoms with van der Waals surface area (Å²) >= 11 is 1.77. The van der Waals surface area contributed by atoms with Crippen LogP contribution >= 0.6 is 11.8 Å². The van der Waals surface area contributed by atoms with E-state index in [0.717, 1.165) is 16.5 Å². The highest BCUT2D eigenvalue weighted by molar-refractivity contribution is 7.99.